The van der Waals surface area contributed by atoms with Crippen LogP contribution in [0.25, 0.3) is 0 Å². The second-order valence-corrected chi connectivity index (χ2v) is 6.74. The summed E-state index contributed by atoms with van der Waals surface area (Å²) >= 11 is 0. The molecule has 116 valence electrons. The highest BCUT2D eigenvalue weighted by molar-refractivity contribution is 5.82. The van der Waals surface area contributed by atoms with Gasteiger partial charge in [0.15, 0.2) is 0 Å². The highest BCUT2D eigenvalue weighted by atomic mass is 16.2. The Morgan fingerprint density at radius 2 is 2.00 bits per heavy atom. The van der Waals surface area contributed by atoms with Crippen LogP contribution in [0, 0.1) is 5.92 Å². The molecular weight excluding hydrogens is 248 g/mol. The fraction of sp³-hybridized carbons (Fsp3) is 0.941. The Morgan fingerprint density at radius 1 is 1.20 bits per heavy atom. The van der Waals surface area contributed by atoms with Crippen molar-refractivity contribution in [1.29, 1.82) is 0 Å². The van der Waals surface area contributed by atoms with Crippen molar-refractivity contribution in [2.75, 3.05) is 0 Å². The summed E-state index contributed by atoms with van der Waals surface area (Å²) in [6.45, 7) is 4.42. The summed E-state index contributed by atoms with van der Waals surface area (Å²) in [6, 6.07) is 1.07. The molecule has 0 aromatic heterocycles. The molecule has 2 N–H and O–H groups in total. The molecule has 1 saturated carbocycles. The van der Waals surface area contributed by atoms with Crippen LogP contribution in [0.15, 0.2) is 0 Å². The molecule has 1 saturated heterocycles. The number of hydrogen-bond donors (Lipinski definition) is 2. The van der Waals surface area contributed by atoms with Crippen LogP contribution in [0.4, 0.5) is 0 Å². The maximum atomic E-state index is 12.5. The molecule has 1 aliphatic carbocycles. The zero-order chi connectivity index (χ0) is 14.4. The van der Waals surface area contributed by atoms with Gasteiger partial charge < -0.3 is 10.6 Å². The van der Waals surface area contributed by atoms with Gasteiger partial charge in [-0.2, -0.15) is 0 Å². The average Bonchev–Trinajstić information content (AvgIpc) is 2.89. The summed E-state index contributed by atoms with van der Waals surface area (Å²) in [7, 11) is 0. The molecule has 3 nitrogen and oxygen atoms in total. The van der Waals surface area contributed by atoms with E-state index in [2.05, 4.69) is 24.5 Å². The van der Waals surface area contributed by atoms with Crippen LogP contribution >= 0.6 is 0 Å². The topological polar surface area (TPSA) is 41.1 Å². The lowest BCUT2D eigenvalue weighted by Gasteiger charge is -2.24. The van der Waals surface area contributed by atoms with Crippen LogP contribution in [-0.2, 0) is 4.79 Å². The normalized spacial score (nSPS) is 30.8. The van der Waals surface area contributed by atoms with Crippen molar-refractivity contribution in [3.8, 4) is 0 Å². The summed E-state index contributed by atoms with van der Waals surface area (Å²) in [5, 5.41) is 6.89. The zero-order valence-corrected chi connectivity index (χ0v) is 13.3. The summed E-state index contributed by atoms with van der Waals surface area (Å²) in [5.41, 5.74) is 0. The molecule has 1 heterocycles. The van der Waals surface area contributed by atoms with E-state index in [0.29, 0.717) is 12.1 Å². The quantitative estimate of drug-likeness (QED) is 0.750. The lowest BCUT2D eigenvalue weighted by atomic mass is 9.85. The Morgan fingerprint density at radius 3 is 2.70 bits per heavy atom. The first-order chi connectivity index (χ1) is 9.74. The van der Waals surface area contributed by atoms with Crippen LogP contribution in [0.3, 0.4) is 0 Å². The minimum Gasteiger partial charge on any atom is -0.352 e. The minimum absolute atomic E-state index is 0.0732. The second kappa shape index (κ2) is 8.02. The number of carbonyl (C=O) groups excluding carboxylic acids is 1. The van der Waals surface area contributed by atoms with Crippen LogP contribution in [0.5, 0.6) is 0 Å². The third-order valence-corrected chi connectivity index (χ3v) is 5.07. The lowest BCUT2D eigenvalue weighted by molar-refractivity contribution is -0.123. The van der Waals surface area contributed by atoms with Gasteiger partial charge in [0.05, 0.1) is 6.04 Å². The van der Waals surface area contributed by atoms with Gasteiger partial charge in [-0.15, -0.1) is 0 Å². The molecule has 3 heteroatoms. The van der Waals surface area contributed by atoms with E-state index in [1.165, 1.54) is 38.5 Å². The number of nitrogens with one attached hydrogen (secondary N) is 2. The molecule has 1 amide bonds. The zero-order valence-electron chi connectivity index (χ0n) is 13.3. The summed E-state index contributed by atoms with van der Waals surface area (Å²) in [6.07, 6.45) is 12.2. The summed E-state index contributed by atoms with van der Waals surface area (Å²) in [4.78, 5) is 12.5. The standard InChI is InChI=1S/C17H32N2O/c1-3-5-10-14(8-4-2)18-17(20)16-12-13-9-6-7-11-15(13)19-16/h13-16,19H,3-12H2,1-2H3,(H,18,20). The Balaban J connectivity index is 1.80. The first-order valence-electron chi connectivity index (χ1n) is 8.81. The average molecular weight is 280 g/mol. The first kappa shape index (κ1) is 15.8. The summed E-state index contributed by atoms with van der Waals surface area (Å²) in [5.74, 6) is 1.01. The van der Waals surface area contributed by atoms with E-state index in [-0.39, 0.29) is 11.9 Å². The van der Waals surface area contributed by atoms with Gasteiger partial charge in [-0.1, -0.05) is 46.0 Å². The number of rotatable bonds is 7. The second-order valence-electron chi connectivity index (χ2n) is 6.74. The molecule has 2 rings (SSSR count). The van der Waals surface area contributed by atoms with E-state index in [1.54, 1.807) is 0 Å². The third-order valence-electron chi connectivity index (χ3n) is 5.07. The monoisotopic (exact) mass is 280 g/mol. The number of unbranched alkanes of at least 4 members (excludes halogenated alkanes) is 1. The highest BCUT2D eigenvalue weighted by Crippen LogP contribution is 2.33. The van der Waals surface area contributed by atoms with Crippen LogP contribution in [0.1, 0.15) is 78.1 Å². The van der Waals surface area contributed by atoms with Crippen molar-refractivity contribution in [3.63, 3.8) is 0 Å². The molecule has 0 aromatic carbocycles. The van der Waals surface area contributed by atoms with Crippen molar-refractivity contribution in [3.05, 3.63) is 0 Å². The molecule has 0 bridgehead atoms. The molecule has 4 unspecified atom stereocenters. The maximum absolute atomic E-state index is 12.5. The first-order valence-corrected chi connectivity index (χ1v) is 8.81. The van der Waals surface area contributed by atoms with E-state index in [9.17, 15) is 4.79 Å². The molecule has 4 atom stereocenters. The molecule has 1 aliphatic heterocycles. The number of hydrogen-bond acceptors (Lipinski definition) is 2. The minimum atomic E-state index is 0.0732. The maximum Gasteiger partial charge on any atom is 0.237 e. The smallest absolute Gasteiger partial charge is 0.237 e. The van der Waals surface area contributed by atoms with Gasteiger partial charge in [0.1, 0.15) is 0 Å². The SMILES string of the molecule is CCCCC(CCC)NC(=O)C1CC2CCCCC2N1. The van der Waals surface area contributed by atoms with Crippen molar-refractivity contribution < 1.29 is 4.79 Å². The Bertz CT molecular complexity index is 291. The van der Waals surface area contributed by atoms with Crippen molar-refractivity contribution in [2.45, 2.75) is 96.2 Å². The predicted octanol–water partition coefficient (Wildman–Crippen LogP) is 3.38. The fourth-order valence-electron chi connectivity index (χ4n) is 3.91. The van der Waals surface area contributed by atoms with Gasteiger partial charge in [-0.3, -0.25) is 4.79 Å². The fourth-order valence-corrected chi connectivity index (χ4v) is 3.91. The molecule has 0 aromatic rings. The lowest BCUT2D eigenvalue weighted by Crippen LogP contribution is -2.46. The van der Waals surface area contributed by atoms with Gasteiger partial charge in [0.2, 0.25) is 5.91 Å². The molecular formula is C17H32N2O. The van der Waals surface area contributed by atoms with Gasteiger partial charge in [0.25, 0.3) is 0 Å². The Labute approximate surface area is 124 Å². The molecule has 0 spiro atoms. The Hall–Kier alpha value is -0.570. The van der Waals surface area contributed by atoms with E-state index in [0.717, 1.165) is 31.6 Å². The summed E-state index contributed by atoms with van der Waals surface area (Å²) < 4.78 is 0. The number of carbonyl (C=O) groups is 1. The van der Waals surface area contributed by atoms with Gasteiger partial charge in [0, 0.05) is 12.1 Å². The van der Waals surface area contributed by atoms with E-state index < -0.39 is 0 Å². The molecule has 0 radical (unpaired) electrons. The van der Waals surface area contributed by atoms with E-state index in [1.807, 2.05) is 0 Å². The molecule has 2 fully saturated rings. The Kier molecular flexibility index (Phi) is 6.34. The van der Waals surface area contributed by atoms with E-state index in [4.69, 9.17) is 0 Å². The van der Waals surface area contributed by atoms with Crippen LogP contribution < -0.4 is 10.6 Å². The molecule has 2 aliphatic rings. The van der Waals surface area contributed by atoms with Gasteiger partial charge in [-0.05, 0) is 38.0 Å². The van der Waals surface area contributed by atoms with Crippen LogP contribution in [0.2, 0.25) is 0 Å². The van der Waals surface area contributed by atoms with E-state index >= 15 is 0 Å². The highest BCUT2D eigenvalue weighted by Gasteiger charge is 2.38. The number of amides is 1. The predicted molar refractivity (Wildman–Crippen MR) is 83.7 cm³/mol. The van der Waals surface area contributed by atoms with Crippen molar-refractivity contribution in [2.24, 2.45) is 5.92 Å². The van der Waals surface area contributed by atoms with Crippen molar-refractivity contribution in [1.82, 2.24) is 10.6 Å². The third kappa shape index (κ3) is 4.21. The molecule has 20 heavy (non-hydrogen) atoms. The number of fused-ring (bicyclic) bond motifs is 1. The largest absolute Gasteiger partial charge is 0.352 e. The van der Waals surface area contributed by atoms with Crippen LogP contribution in [-0.4, -0.2) is 24.0 Å². The van der Waals surface area contributed by atoms with Gasteiger partial charge in [-0.25, -0.2) is 0 Å². The van der Waals surface area contributed by atoms with Crippen molar-refractivity contribution >= 4 is 5.91 Å². The van der Waals surface area contributed by atoms with Gasteiger partial charge >= 0.3 is 0 Å².